The maximum Gasteiger partial charge on any atom is 0.410 e. The second-order valence-electron chi connectivity index (χ2n) is 9.82. The Balaban J connectivity index is 2.01. The zero-order valence-corrected chi connectivity index (χ0v) is 19.4. The zero-order valence-electron chi connectivity index (χ0n) is 19.4. The van der Waals surface area contributed by atoms with Gasteiger partial charge in [0.1, 0.15) is 11.2 Å². The fraction of sp³-hybridized carbons (Fsp3) is 0.480. The molecule has 0 spiro atoms. The first-order chi connectivity index (χ1) is 14.9. The molecule has 2 N–H and O–H groups in total. The summed E-state index contributed by atoms with van der Waals surface area (Å²) in [6, 6.07) is 9.16. The maximum absolute atomic E-state index is 12.5. The highest BCUT2D eigenvalue weighted by atomic mass is 16.6. The summed E-state index contributed by atoms with van der Waals surface area (Å²) in [6.07, 6.45) is 4.25. The number of carboxylic acid groups (broad SMARTS) is 1. The van der Waals surface area contributed by atoms with Crippen LogP contribution in [0.25, 0.3) is 0 Å². The van der Waals surface area contributed by atoms with E-state index in [2.05, 4.69) is 11.9 Å². The van der Waals surface area contributed by atoms with Crippen molar-refractivity contribution in [1.29, 1.82) is 0 Å². The molecule has 0 unspecified atom stereocenters. The standard InChI is InChI=1S/C25H32N2O5/c1-6-7-17-8-10-19(11-9-17)25(31,20-12-18(21(28)29)13-26-14-20)24(5)15-27(16-24)22(30)32-23(2,3)4/h8-14,31H,6-7,15-16H2,1-5H3,(H,28,29)/t25-/m0/s1. The molecule has 1 aliphatic rings. The number of pyridine rings is 1. The van der Waals surface area contributed by atoms with Gasteiger partial charge >= 0.3 is 12.1 Å². The number of carbonyl (C=O) groups excluding carboxylic acids is 1. The van der Waals surface area contributed by atoms with Gasteiger partial charge in [-0.25, -0.2) is 9.59 Å². The van der Waals surface area contributed by atoms with Gasteiger partial charge in [-0.05, 0) is 44.4 Å². The van der Waals surface area contributed by atoms with Crippen molar-refractivity contribution in [2.75, 3.05) is 13.1 Å². The van der Waals surface area contributed by atoms with Gasteiger partial charge in [0, 0.05) is 36.5 Å². The topological polar surface area (TPSA) is 100.0 Å². The Hall–Kier alpha value is -2.93. The normalized spacial score (nSPS) is 17.2. The number of hydrogen-bond acceptors (Lipinski definition) is 5. The molecule has 7 nitrogen and oxygen atoms in total. The van der Waals surface area contributed by atoms with Crippen molar-refractivity contribution in [2.45, 2.75) is 58.7 Å². The van der Waals surface area contributed by atoms with Crippen LogP contribution in [0.2, 0.25) is 0 Å². The van der Waals surface area contributed by atoms with Gasteiger partial charge in [-0.3, -0.25) is 4.98 Å². The fourth-order valence-electron chi connectivity index (χ4n) is 4.30. The van der Waals surface area contributed by atoms with E-state index in [1.807, 2.05) is 31.2 Å². The van der Waals surface area contributed by atoms with Crippen molar-refractivity contribution in [3.8, 4) is 0 Å². The van der Waals surface area contributed by atoms with E-state index >= 15 is 0 Å². The maximum atomic E-state index is 12.5. The van der Waals surface area contributed by atoms with Crippen LogP contribution in [0.4, 0.5) is 4.79 Å². The van der Waals surface area contributed by atoms with Crippen LogP contribution in [0, 0.1) is 5.41 Å². The van der Waals surface area contributed by atoms with Gasteiger partial charge in [-0.2, -0.15) is 0 Å². The van der Waals surface area contributed by atoms with Gasteiger partial charge in [0.05, 0.1) is 5.56 Å². The molecule has 1 aromatic carbocycles. The predicted molar refractivity (Wildman–Crippen MR) is 121 cm³/mol. The Bertz CT molecular complexity index is 990. The van der Waals surface area contributed by atoms with Crippen LogP contribution in [-0.4, -0.2) is 50.9 Å². The average Bonchev–Trinajstić information content (AvgIpc) is 2.70. The molecule has 0 bridgehead atoms. The third-order valence-electron chi connectivity index (χ3n) is 5.92. The molecule has 1 aromatic heterocycles. The molecule has 1 amide bonds. The van der Waals surface area contributed by atoms with E-state index < -0.39 is 28.7 Å². The van der Waals surface area contributed by atoms with Crippen LogP contribution in [0.15, 0.2) is 42.7 Å². The first-order valence-electron chi connectivity index (χ1n) is 10.9. The molecule has 1 fully saturated rings. The number of rotatable bonds is 6. The number of aryl methyl sites for hydroxylation is 1. The minimum Gasteiger partial charge on any atom is -0.478 e. The average molecular weight is 441 g/mol. The fourth-order valence-corrected chi connectivity index (χ4v) is 4.30. The van der Waals surface area contributed by atoms with Crippen molar-refractivity contribution >= 4 is 12.1 Å². The highest BCUT2D eigenvalue weighted by molar-refractivity contribution is 5.87. The second-order valence-corrected chi connectivity index (χ2v) is 9.82. The van der Waals surface area contributed by atoms with E-state index in [0.29, 0.717) is 11.1 Å². The van der Waals surface area contributed by atoms with E-state index in [-0.39, 0.29) is 18.7 Å². The number of aromatic carboxylic acids is 1. The number of ether oxygens (including phenoxy) is 1. The lowest BCUT2D eigenvalue weighted by atomic mass is 9.62. The highest BCUT2D eigenvalue weighted by Gasteiger charge is 2.58. The lowest BCUT2D eigenvalue weighted by Crippen LogP contribution is -2.66. The van der Waals surface area contributed by atoms with Crippen molar-refractivity contribution < 1.29 is 24.5 Å². The Kier molecular flexibility index (Phi) is 6.33. The first-order valence-corrected chi connectivity index (χ1v) is 10.9. The lowest BCUT2D eigenvalue weighted by molar-refractivity contribution is -0.131. The first kappa shape index (κ1) is 23.7. The molecule has 3 rings (SSSR count). The summed E-state index contributed by atoms with van der Waals surface area (Å²) in [5, 5.41) is 21.6. The number of hydrogen-bond donors (Lipinski definition) is 2. The van der Waals surface area contributed by atoms with Crippen LogP contribution in [0.1, 0.15) is 68.1 Å². The van der Waals surface area contributed by atoms with Gasteiger partial charge in [-0.15, -0.1) is 0 Å². The van der Waals surface area contributed by atoms with E-state index in [0.717, 1.165) is 18.4 Å². The van der Waals surface area contributed by atoms with Crippen molar-refractivity contribution in [3.63, 3.8) is 0 Å². The van der Waals surface area contributed by atoms with E-state index in [4.69, 9.17) is 4.74 Å². The largest absolute Gasteiger partial charge is 0.478 e. The van der Waals surface area contributed by atoms with E-state index in [1.165, 1.54) is 18.5 Å². The molecule has 32 heavy (non-hydrogen) atoms. The van der Waals surface area contributed by atoms with Crippen LogP contribution in [0.5, 0.6) is 0 Å². The molecule has 0 radical (unpaired) electrons. The molecule has 7 heteroatoms. The Morgan fingerprint density at radius 1 is 1.12 bits per heavy atom. The van der Waals surface area contributed by atoms with Crippen molar-refractivity contribution in [2.24, 2.45) is 5.41 Å². The van der Waals surface area contributed by atoms with Crippen molar-refractivity contribution in [1.82, 2.24) is 9.88 Å². The van der Waals surface area contributed by atoms with E-state index in [1.54, 1.807) is 25.7 Å². The molecule has 1 atom stereocenters. The summed E-state index contributed by atoms with van der Waals surface area (Å²) in [5.74, 6) is -1.12. The molecule has 2 heterocycles. The number of amides is 1. The molecule has 0 aliphatic carbocycles. The molecular formula is C25H32N2O5. The van der Waals surface area contributed by atoms with Crippen molar-refractivity contribution in [3.05, 3.63) is 65.0 Å². The van der Waals surface area contributed by atoms with Crippen LogP contribution in [0.3, 0.4) is 0 Å². The van der Waals surface area contributed by atoms with Gasteiger partial charge < -0.3 is 19.8 Å². The number of nitrogens with zero attached hydrogens (tertiary/aromatic N) is 2. The minimum atomic E-state index is -1.55. The Morgan fingerprint density at radius 3 is 2.28 bits per heavy atom. The Labute approximate surface area is 189 Å². The summed E-state index contributed by atoms with van der Waals surface area (Å²) < 4.78 is 5.47. The number of aliphatic hydroxyl groups is 1. The number of benzene rings is 1. The summed E-state index contributed by atoms with van der Waals surface area (Å²) in [7, 11) is 0. The molecule has 1 aliphatic heterocycles. The predicted octanol–water partition coefficient (Wildman–Crippen LogP) is 4.23. The van der Waals surface area contributed by atoms with Gasteiger partial charge in [0.15, 0.2) is 0 Å². The molecule has 2 aromatic rings. The highest BCUT2D eigenvalue weighted by Crippen LogP contribution is 2.50. The number of carboxylic acids is 1. The van der Waals surface area contributed by atoms with Crippen LogP contribution >= 0.6 is 0 Å². The zero-order chi connectivity index (χ0) is 23.7. The summed E-state index contributed by atoms with van der Waals surface area (Å²) in [4.78, 5) is 29.7. The smallest absolute Gasteiger partial charge is 0.410 e. The quantitative estimate of drug-likeness (QED) is 0.697. The number of likely N-dealkylation sites (tertiary alicyclic amines) is 1. The number of aromatic nitrogens is 1. The summed E-state index contributed by atoms with van der Waals surface area (Å²) in [5.41, 5.74) is -0.765. The molecule has 172 valence electrons. The number of carbonyl (C=O) groups is 2. The van der Waals surface area contributed by atoms with Crippen LogP contribution in [-0.2, 0) is 16.8 Å². The van der Waals surface area contributed by atoms with E-state index in [9.17, 15) is 19.8 Å². The Morgan fingerprint density at radius 2 is 1.75 bits per heavy atom. The second kappa shape index (κ2) is 8.54. The third-order valence-corrected chi connectivity index (χ3v) is 5.92. The van der Waals surface area contributed by atoms with Gasteiger partial charge in [0.2, 0.25) is 0 Å². The lowest BCUT2D eigenvalue weighted by Gasteiger charge is -2.56. The monoisotopic (exact) mass is 440 g/mol. The van der Waals surface area contributed by atoms with Gasteiger partial charge in [0.25, 0.3) is 0 Å². The summed E-state index contributed by atoms with van der Waals surface area (Å²) in [6.45, 7) is 9.93. The molecule has 0 saturated carbocycles. The third kappa shape index (κ3) is 4.48. The molecular weight excluding hydrogens is 408 g/mol. The molecule has 1 saturated heterocycles. The van der Waals surface area contributed by atoms with Gasteiger partial charge in [-0.1, -0.05) is 44.5 Å². The minimum absolute atomic E-state index is 0.00421. The SMILES string of the molecule is CCCc1ccc([C@](O)(c2cncc(C(=O)O)c2)C2(C)CN(C(=O)OC(C)(C)C)C2)cc1. The summed E-state index contributed by atoms with van der Waals surface area (Å²) >= 11 is 0. The van der Waals surface area contributed by atoms with Crippen LogP contribution < -0.4 is 0 Å².